The Morgan fingerprint density at radius 3 is 2.95 bits per heavy atom. The number of oxime groups is 1. The molecule has 3 rings (SSSR count). The van der Waals surface area contributed by atoms with Crippen molar-refractivity contribution in [2.45, 2.75) is 25.7 Å². The van der Waals surface area contributed by atoms with Gasteiger partial charge in [0.05, 0.1) is 5.02 Å². The van der Waals surface area contributed by atoms with Crippen molar-refractivity contribution in [2.75, 3.05) is 18.5 Å². The van der Waals surface area contributed by atoms with Gasteiger partial charge in [-0.3, -0.25) is 0 Å². The van der Waals surface area contributed by atoms with Crippen molar-refractivity contribution in [2.24, 2.45) is 28.6 Å². The Morgan fingerprint density at radius 2 is 2.33 bits per heavy atom. The first kappa shape index (κ1) is 14.4. The maximum atomic E-state index is 8.81. The quantitative estimate of drug-likeness (QED) is 0.388. The van der Waals surface area contributed by atoms with E-state index in [1.165, 1.54) is 25.7 Å². The first-order valence-corrected chi connectivity index (χ1v) is 7.81. The lowest BCUT2D eigenvalue weighted by Gasteiger charge is -2.28. The van der Waals surface area contributed by atoms with Crippen LogP contribution < -0.4 is 10.6 Å². The summed E-state index contributed by atoms with van der Waals surface area (Å²) in [7, 11) is 2.01. The standard InChI is InChI=1S/C15H21ClN4O/c1-20(8-11-7-9-2-3-10(11)6-9)15-13(16)12(4-5-18-15)14(17)19-21/h4-5,9-11,21H,2-3,6-8H2,1H3,(H2,17,19). The van der Waals surface area contributed by atoms with Crippen LogP contribution in [0, 0.1) is 17.8 Å². The second-order valence-corrected chi connectivity index (χ2v) is 6.67. The zero-order chi connectivity index (χ0) is 15.0. The van der Waals surface area contributed by atoms with E-state index in [9.17, 15) is 0 Å². The monoisotopic (exact) mass is 308 g/mol. The zero-order valence-electron chi connectivity index (χ0n) is 12.2. The molecule has 0 spiro atoms. The third-order valence-electron chi connectivity index (χ3n) is 5.01. The largest absolute Gasteiger partial charge is 0.409 e. The Hall–Kier alpha value is -1.49. The lowest BCUT2D eigenvalue weighted by atomic mass is 9.88. The Bertz CT molecular complexity index is 563. The molecule has 0 aromatic carbocycles. The summed E-state index contributed by atoms with van der Waals surface area (Å²) >= 11 is 6.37. The molecule has 0 radical (unpaired) electrons. The van der Waals surface area contributed by atoms with Crippen LogP contribution in [-0.4, -0.2) is 29.6 Å². The number of pyridine rings is 1. The number of hydrogen-bond acceptors (Lipinski definition) is 4. The Balaban J connectivity index is 1.77. The summed E-state index contributed by atoms with van der Waals surface area (Å²) in [5, 5.41) is 12.3. The molecule has 2 fully saturated rings. The number of anilines is 1. The molecule has 2 saturated carbocycles. The van der Waals surface area contributed by atoms with Crippen LogP contribution >= 0.6 is 11.6 Å². The summed E-state index contributed by atoms with van der Waals surface area (Å²) in [5.41, 5.74) is 6.16. The molecule has 6 heteroatoms. The second-order valence-electron chi connectivity index (χ2n) is 6.30. The minimum atomic E-state index is 0.0111. The lowest BCUT2D eigenvalue weighted by molar-refractivity contribution is 0.318. The van der Waals surface area contributed by atoms with Gasteiger partial charge in [0.1, 0.15) is 5.82 Å². The molecular formula is C15H21ClN4O. The summed E-state index contributed by atoms with van der Waals surface area (Å²) in [6, 6.07) is 1.66. The molecule has 1 aromatic heterocycles. The number of halogens is 1. The molecule has 3 atom stereocenters. The SMILES string of the molecule is CN(CC1CC2CCC1C2)c1nccc(/C(N)=N/O)c1Cl. The van der Waals surface area contributed by atoms with Gasteiger partial charge in [0, 0.05) is 25.4 Å². The number of hydrogen-bond donors (Lipinski definition) is 2. The molecule has 1 aromatic rings. The molecule has 2 bridgehead atoms. The predicted molar refractivity (Wildman–Crippen MR) is 84.0 cm³/mol. The fourth-order valence-corrected chi connectivity index (χ4v) is 4.34. The van der Waals surface area contributed by atoms with Crippen molar-refractivity contribution in [1.29, 1.82) is 0 Å². The van der Waals surface area contributed by atoms with Gasteiger partial charge in [0.2, 0.25) is 0 Å². The van der Waals surface area contributed by atoms with E-state index in [0.29, 0.717) is 16.4 Å². The number of rotatable bonds is 4. The van der Waals surface area contributed by atoms with E-state index in [1.54, 1.807) is 12.3 Å². The van der Waals surface area contributed by atoms with E-state index in [1.807, 2.05) is 7.05 Å². The second kappa shape index (κ2) is 5.72. The Kier molecular flexibility index (Phi) is 3.93. The highest BCUT2D eigenvalue weighted by molar-refractivity contribution is 6.36. The molecule has 21 heavy (non-hydrogen) atoms. The molecule has 0 saturated heterocycles. The lowest BCUT2D eigenvalue weighted by Crippen LogP contribution is -2.29. The van der Waals surface area contributed by atoms with Crippen LogP contribution in [0.1, 0.15) is 31.2 Å². The van der Waals surface area contributed by atoms with Crippen molar-refractivity contribution in [3.63, 3.8) is 0 Å². The van der Waals surface area contributed by atoms with Crippen LogP contribution in [0.15, 0.2) is 17.4 Å². The van der Waals surface area contributed by atoms with Crippen LogP contribution in [0.25, 0.3) is 0 Å². The van der Waals surface area contributed by atoms with Crippen molar-refractivity contribution in [1.82, 2.24) is 4.98 Å². The van der Waals surface area contributed by atoms with Crippen molar-refractivity contribution in [3.8, 4) is 0 Å². The Morgan fingerprint density at radius 1 is 1.52 bits per heavy atom. The third-order valence-corrected chi connectivity index (χ3v) is 5.38. The van der Waals surface area contributed by atoms with Gasteiger partial charge < -0.3 is 15.8 Å². The summed E-state index contributed by atoms with van der Waals surface area (Å²) in [5.74, 6) is 3.24. The van der Waals surface area contributed by atoms with Crippen LogP contribution in [0.5, 0.6) is 0 Å². The van der Waals surface area contributed by atoms with Crippen LogP contribution in [0.2, 0.25) is 5.02 Å². The van der Waals surface area contributed by atoms with Gasteiger partial charge in [0.25, 0.3) is 0 Å². The van der Waals surface area contributed by atoms with Gasteiger partial charge in [-0.15, -0.1) is 0 Å². The summed E-state index contributed by atoms with van der Waals surface area (Å²) < 4.78 is 0. The third kappa shape index (κ3) is 2.67. The topological polar surface area (TPSA) is 74.7 Å². The van der Waals surface area contributed by atoms with E-state index in [2.05, 4.69) is 15.0 Å². The zero-order valence-corrected chi connectivity index (χ0v) is 12.9. The highest BCUT2D eigenvalue weighted by Gasteiger charge is 2.39. The summed E-state index contributed by atoms with van der Waals surface area (Å²) in [6.07, 6.45) is 7.14. The maximum Gasteiger partial charge on any atom is 0.171 e. The molecular weight excluding hydrogens is 288 g/mol. The number of amidine groups is 1. The Labute approximate surface area is 129 Å². The number of fused-ring (bicyclic) bond motifs is 2. The van der Waals surface area contributed by atoms with E-state index in [-0.39, 0.29) is 5.84 Å². The molecule has 2 aliphatic carbocycles. The van der Waals surface area contributed by atoms with Gasteiger partial charge in [-0.25, -0.2) is 4.98 Å². The van der Waals surface area contributed by atoms with Crippen molar-refractivity contribution < 1.29 is 5.21 Å². The van der Waals surface area contributed by atoms with Gasteiger partial charge in [0.15, 0.2) is 5.84 Å². The fourth-order valence-electron chi connectivity index (χ4n) is 3.99. The average molecular weight is 309 g/mol. The van der Waals surface area contributed by atoms with Gasteiger partial charge in [-0.1, -0.05) is 23.2 Å². The normalized spacial score (nSPS) is 28.1. The average Bonchev–Trinajstić information content (AvgIpc) is 3.09. The van der Waals surface area contributed by atoms with Gasteiger partial charge >= 0.3 is 0 Å². The molecule has 114 valence electrons. The van der Waals surface area contributed by atoms with E-state index < -0.39 is 0 Å². The fraction of sp³-hybridized carbons (Fsp3) is 0.600. The highest BCUT2D eigenvalue weighted by atomic mass is 35.5. The first-order chi connectivity index (χ1) is 10.1. The minimum absolute atomic E-state index is 0.0111. The highest BCUT2D eigenvalue weighted by Crippen LogP contribution is 2.48. The molecule has 0 aliphatic heterocycles. The minimum Gasteiger partial charge on any atom is -0.409 e. The molecule has 3 unspecified atom stereocenters. The summed E-state index contributed by atoms with van der Waals surface area (Å²) in [4.78, 5) is 6.46. The number of nitrogens with two attached hydrogens (primary N) is 1. The van der Waals surface area contributed by atoms with Crippen LogP contribution in [-0.2, 0) is 0 Å². The van der Waals surface area contributed by atoms with Crippen molar-refractivity contribution >= 4 is 23.3 Å². The smallest absolute Gasteiger partial charge is 0.171 e. The van der Waals surface area contributed by atoms with Crippen LogP contribution in [0.4, 0.5) is 5.82 Å². The van der Waals surface area contributed by atoms with E-state index in [4.69, 9.17) is 22.5 Å². The van der Waals surface area contributed by atoms with E-state index >= 15 is 0 Å². The summed E-state index contributed by atoms with van der Waals surface area (Å²) in [6.45, 7) is 0.966. The van der Waals surface area contributed by atoms with Crippen LogP contribution in [0.3, 0.4) is 0 Å². The maximum absolute atomic E-state index is 8.81. The number of aromatic nitrogens is 1. The molecule has 2 aliphatic rings. The number of nitrogens with zero attached hydrogens (tertiary/aromatic N) is 3. The van der Waals surface area contributed by atoms with Gasteiger partial charge in [-0.2, -0.15) is 0 Å². The molecule has 3 N–H and O–H groups in total. The van der Waals surface area contributed by atoms with Crippen molar-refractivity contribution in [3.05, 3.63) is 22.8 Å². The molecule has 0 amide bonds. The predicted octanol–water partition coefficient (Wildman–Crippen LogP) is 2.70. The molecule has 5 nitrogen and oxygen atoms in total. The molecule has 1 heterocycles. The van der Waals surface area contributed by atoms with E-state index in [0.717, 1.165) is 24.3 Å². The van der Waals surface area contributed by atoms with Gasteiger partial charge in [-0.05, 0) is 43.1 Å². The first-order valence-electron chi connectivity index (χ1n) is 7.43.